The molecule has 2 saturated heterocycles. The van der Waals surface area contributed by atoms with Gasteiger partial charge in [0.2, 0.25) is 5.91 Å². The second-order valence-corrected chi connectivity index (χ2v) is 9.41. The predicted molar refractivity (Wildman–Crippen MR) is 121 cm³/mol. The first-order chi connectivity index (χ1) is 14.1. The summed E-state index contributed by atoms with van der Waals surface area (Å²) in [7, 11) is 0. The largest absolute Gasteiger partial charge is 0.342 e. The van der Waals surface area contributed by atoms with E-state index in [1.165, 1.54) is 58.2 Å². The molecule has 3 fully saturated rings. The number of carbonyl (C=O) groups excluding carboxylic acids is 2. The van der Waals surface area contributed by atoms with Gasteiger partial charge in [-0.1, -0.05) is 27.2 Å². The van der Waals surface area contributed by atoms with Gasteiger partial charge in [-0.2, -0.15) is 0 Å². The van der Waals surface area contributed by atoms with Gasteiger partial charge in [0.1, 0.15) is 5.78 Å². The molecule has 0 atom stereocenters. The second-order valence-electron chi connectivity index (χ2n) is 9.41. The van der Waals surface area contributed by atoms with Crippen molar-refractivity contribution in [3.8, 4) is 0 Å². The number of ketones is 1. The molecule has 0 aromatic carbocycles. The maximum Gasteiger partial charge on any atom is 0.225 e. The molecule has 0 unspecified atom stereocenters. The average Bonchev–Trinajstić information content (AvgIpc) is 2.79. The molecule has 0 aromatic heterocycles. The molecule has 29 heavy (non-hydrogen) atoms. The molecule has 0 radical (unpaired) electrons. The molecule has 0 spiro atoms. The third-order valence-electron chi connectivity index (χ3n) is 7.72. The highest BCUT2D eigenvalue weighted by atomic mass is 16.2. The zero-order chi connectivity index (χ0) is 21.2. The fraction of sp³-hybridized carbons (Fsp3) is 0.920. The first-order valence-corrected chi connectivity index (χ1v) is 12.6. The van der Waals surface area contributed by atoms with Crippen molar-refractivity contribution in [2.45, 2.75) is 91.9 Å². The van der Waals surface area contributed by atoms with Crippen LogP contribution in [0.2, 0.25) is 0 Å². The van der Waals surface area contributed by atoms with Gasteiger partial charge in [-0.3, -0.25) is 9.59 Å². The molecule has 3 rings (SSSR count). The quantitative estimate of drug-likeness (QED) is 0.612. The summed E-state index contributed by atoms with van der Waals surface area (Å²) in [5.74, 6) is 2.82. The Balaban J connectivity index is 0.00000145. The van der Waals surface area contributed by atoms with Gasteiger partial charge in [0, 0.05) is 24.9 Å². The first kappa shape index (κ1) is 24.4. The summed E-state index contributed by atoms with van der Waals surface area (Å²) >= 11 is 0. The molecule has 1 aliphatic carbocycles. The molecule has 3 aliphatic rings. The van der Waals surface area contributed by atoms with Crippen LogP contribution in [0.3, 0.4) is 0 Å². The summed E-state index contributed by atoms with van der Waals surface area (Å²) < 4.78 is 0. The maximum atomic E-state index is 12.8. The Morgan fingerprint density at radius 2 is 1.28 bits per heavy atom. The Morgan fingerprint density at radius 3 is 1.79 bits per heavy atom. The van der Waals surface area contributed by atoms with E-state index in [1.807, 2.05) is 13.8 Å². The number of Topliss-reactive ketones (excluding diaryl/α,β-unsaturated/α-hetero) is 1. The Kier molecular flexibility index (Phi) is 10.7. The van der Waals surface area contributed by atoms with Gasteiger partial charge in [-0.25, -0.2) is 0 Å². The molecule has 0 N–H and O–H groups in total. The van der Waals surface area contributed by atoms with E-state index in [9.17, 15) is 9.59 Å². The van der Waals surface area contributed by atoms with Crippen molar-refractivity contribution in [3.63, 3.8) is 0 Å². The minimum absolute atomic E-state index is 0.178. The van der Waals surface area contributed by atoms with Crippen LogP contribution in [-0.4, -0.2) is 54.2 Å². The van der Waals surface area contributed by atoms with Crippen molar-refractivity contribution in [2.24, 2.45) is 23.7 Å². The Labute approximate surface area is 179 Å². The molecule has 4 nitrogen and oxygen atoms in total. The lowest BCUT2D eigenvalue weighted by molar-refractivity contribution is -0.139. The Hall–Kier alpha value is -0.900. The van der Waals surface area contributed by atoms with Crippen LogP contribution < -0.4 is 0 Å². The molecule has 2 heterocycles. The zero-order valence-electron chi connectivity index (χ0n) is 19.6. The normalized spacial score (nSPS) is 27.2. The Morgan fingerprint density at radius 1 is 0.759 bits per heavy atom. The third kappa shape index (κ3) is 7.38. The van der Waals surface area contributed by atoms with Crippen LogP contribution in [0.25, 0.3) is 0 Å². The van der Waals surface area contributed by atoms with Crippen LogP contribution in [0.4, 0.5) is 0 Å². The number of hydrogen-bond donors (Lipinski definition) is 0. The average molecular weight is 407 g/mol. The van der Waals surface area contributed by atoms with Crippen molar-refractivity contribution in [1.82, 2.24) is 9.80 Å². The molecule has 168 valence electrons. The first-order valence-electron chi connectivity index (χ1n) is 12.6. The monoisotopic (exact) mass is 406 g/mol. The molecule has 0 aromatic rings. The number of nitrogens with zero attached hydrogens (tertiary/aromatic N) is 2. The van der Waals surface area contributed by atoms with Crippen LogP contribution in [0.5, 0.6) is 0 Å². The van der Waals surface area contributed by atoms with Crippen molar-refractivity contribution in [2.75, 3.05) is 32.7 Å². The van der Waals surface area contributed by atoms with Crippen molar-refractivity contribution < 1.29 is 9.59 Å². The Bertz CT molecular complexity index is 483. The molecule has 1 saturated carbocycles. The standard InChI is InChI=1S/C23H40N2O2.C2H6/c1-3-19-8-13-24(14-9-19)15-10-20-11-16-25(17-12-20)23(27)22-6-4-21(5-7-22)18(2)26;1-2/h19-22H,3-17H2,1-2H3;1-2H3. The summed E-state index contributed by atoms with van der Waals surface area (Å²) in [4.78, 5) is 29.1. The number of hydrogen-bond acceptors (Lipinski definition) is 3. The van der Waals surface area contributed by atoms with E-state index in [-0.39, 0.29) is 11.8 Å². The van der Waals surface area contributed by atoms with E-state index in [0.29, 0.717) is 11.7 Å². The topological polar surface area (TPSA) is 40.6 Å². The summed E-state index contributed by atoms with van der Waals surface area (Å²) in [6.45, 7) is 13.8. The van der Waals surface area contributed by atoms with Crippen LogP contribution in [-0.2, 0) is 9.59 Å². The van der Waals surface area contributed by atoms with Gasteiger partial charge in [-0.15, -0.1) is 0 Å². The molecular formula is C25H46N2O2. The van der Waals surface area contributed by atoms with Gasteiger partial charge in [0.05, 0.1) is 0 Å². The molecule has 2 aliphatic heterocycles. The van der Waals surface area contributed by atoms with Crippen LogP contribution in [0.1, 0.15) is 91.9 Å². The minimum atomic E-state index is 0.178. The number of rotatable bonds is 6. The third-order valence-corrected chi connectivity index (χ3v) is 7.72. The van der Waals surface area contributed by atoms with Gasteiger partial charge in [-0.05, 0) is 96.2 Å². The lowest BCUT2D eigenvalue weighted by atomic mass is 9.79. The number of piperidine rings is 2. The van der Waals surface area contributed by atoms with E-state index >= 15 is 0 Å². The smallest absolute Gasteiger partial charge is 0.225 e. The fourth-order valence-corrected chi connectivity index (χ4v) is 5.43. The van der Waals surface area contributed by atoms with E-state index in [0.717, 1.165) is 50.6 Å². The van der Waals surface area contributed by atoms with Gasteiger partial charge < -0.3 is 9.80 Å². The van der Waals surface area contributed by atoms with Gasteiger partial charge in [0.15, 0.2) is 0 Å². The van der Waals surface area contributed by atoms with Crippen molar-refractivity contribution in [3.05, 3.63) is 0 Å². The lowest BCUT2D eigenvalue weighted by Gasteiger charge is -2.37. The molecular weight excluding hydrogens is 360 g/mol. The molecule has 4 heteroatoms. The fourth-order valence-electron chi connectivity index (χ4n) is 5.43. The van der Waals surface area contributed by atoms with Crippen LogP contribution in [0, 0.1) is 23.7 Å². The SMILES string of the molecule is CC.CCC1CCN(CCC2CCN(C(=O)C3CCC(C(C)=O)CC3)CC2)CC1. The minimum Gasteiger partial charge on any atom is -0.342 e. The summed E-state index contributed by atoms with van der Waals surface area (Å²) in [6, 6.07) is 0. The highest BCUT2D eigenvalue weighted by molar-refractivity contribution is 5.81. The van der Waals surface area contributed by atoms with Crippen LogP contribution in [0.15, 0.2) is 0 Å². The van der Waals surface area contributed by atoms with Crippen molar-refractivity contribution >= 4 is 11.7 Å². The summed E-state index contributed by atoms with van der Waals surface area (Å²) in [5, 5.41) is 0. The van der Waals surface area contributed by atoms with Gasteiger partial charge in [0.25, 0.3) is 0 Å². The maximum absolute atomic E-state index is 12.8. The highest BCUT2D eigenvalue weighted by Crippen LogP contribution is 2.32. The van der Waals surface area contributed by atoms with E-state index < -0.39 is 0 Å². The zero-order valence-corrected chi connectivity index (χ0v) is 19.6. The second kappa shape index (κ2) is 12.7. The molecule has 1 amide bonds. The van der Waals surface area contributed by atoms with E-state index in [4.69, 9.17) is 0 Å². The predicted octanol–water partition coefficient (Wildman–Crippen LogP) is 5.16. The number of amides is 1. The van der Waals surface area contributed by atoms with Gasteiger partial charge >= 0.3 is 0 Å². The highest BCUT2D eigenvalue weighted by Gasteiger charge is 2.32. The van der Waals surface area contributed by atoms with Crippen molar-refractivity contribution in [1.29, 1.82) is 0 Å². The van der Waals surface area contributed by atoms with E-state index in [1.54, 1.807) is 6.92 Å². The number of likely N-dealkylation sites (tertiary alicyclic amines) is 2. The van der Waals surface area contributed by atoms with E-state index in [2.05, 4.69) is 16.7 Å². The lowest BCUT2D eigenvalue weighted by Crippen LogP contribution is -2.43. The molecule has 0 bridgehead atoms. The number of carbonyl (C=O) groups is 2. The summed E-state index contributed by atoms with van der Waals surface area (Å²) in [6.07, 6.45) is 11.4. The summed E-state index contributed by atoms with van der Waals surface area (Å²) in [5.41, 5.74) is 0. The van der Waals surface area contributed by atoms with Crippen LogP contribution >= 0.6 is 0 Å².